The number of ether oxygens (including phenoxy) is 4. The number of carbonyl (C=O) groups excluding carboxylic acids is 1. The third-order valence-corrected chi connectivity index (χ3v) is 5.37. The summed E-state index contributed by atoms with van der Waals surface area (Å²) in [5.74, 6) is 3.56. The van der Waals surface area contributed by atoms with Crippen LogP contribution in [-0.2, 0) is 11.2 Å². The Labute approximate surface area is 157 Å². The Kier molecular flexibility index (Phi) is 4.03. The Bertz CT molecular complexity index is 881. The molecule has 3 heterocycles. The Morgan fingerprint density at radius 1 is 0.926 bits per heavy atom. The number of nitrogens with zero attached hydrogens (tertiary/aromatic N) is 1. The van der Waals surface area contributed by atoms with Gasteiger partial charge in [0.1, 0.15) is 13.2 Å². The lowest BCUT2D eigenvalue weighted by molar-refractivity contribution is -0.129. The Balaban J connectivity index is 1.24. The molecule has 1 unspecified atom stereocenters. The highest BCUT2D eigenvalue weighted by Crippen LogP contribution is 2.37. The predicted octanol–water partition coefficient (Wildman–Crippen LogP) is 2.75. The van der Waals surface area contributed by atoms with E-state index in [2.05, 4.69) is 6.07 Å². The molecule has 0 aromatic heterocycles. The first-order valence-electron chi connectivity index (χ1n) is 9.32. The van der Waals surface area contributed by atoms with Crippen molar-refractivity contribution >= 4 is 5.91 Å². The minimum Gasteiger partial charge on any atom is -0.486 e. The first-order valence-corrected chi connectivity index (χ1v) is 9.32. The van der Waals surface area contributed by atoms with Crippen LogP contribution in [0.4, 0.5) is 0 Å². The maximum atomic E-state index is 12.8. The standard InChI is InChI=1S/C21H21NO5/c23-21(10-14-1-3-17-19(9-14)25-8-7-24-17)22-6-5-16(12-22)15-2-4-18-20(11-15)27-13-26-18/h1-4,9,11,16H,5-8,10,12-13H2. The molecule has 140 valence electrons. The molecule has 6 heteroatoms. The summed E-state index contributed by atoms with van der Waals surface area (Å²) in [6, 6.07) is 11.8. The van der Waals surface area contributed by atoms with Crippen LogP contribution in [0.25, 0.3) is 0 Å². The molecule has 1 saturated heterocycles. The Hall–Kier alpha value is -2.89. The molecule has 27 heavy (non-hydrogen) atoms. The molecule has 0 spiro atoms. The molecule has 1 amide bonds. The summed E-state index contributed by atoms with van der Waals surface area (Å²) >= 11 is 0. The van der Waals surface area contributed by atoms with Gasteiger partial charge in [-0.05, 0) is 41.8 Å². The van der Waals surface area contributed by atoms with E-state index in [9.17, 15) is 4.79 Å². The molecule has 1 atom stereocenters. The van der Waals surface area contributed by atoms with E-state index in [1.807, 2.05) is 35.2 Å². The number of likely N-dealkylation sites (tertiary alicyclic amines) is 1. The van der Waals surface area contributed by atoms with Crippen LogP contribution in [0.15, 0.2) is 36.4 Å². The van der Waals surface area contributed by atoms with Crippen LogP contribution in [0.3, 0.4) is 0 Å². The summed E-state index contributed by atoms with van der Waals surface area (Å²) < 4.78 is 22.0. The van der Waals surface area contributed by atoms with Crippen LogP contribution in [-0.4, -0.2) is 43.9 Å². The van der Waals surface area contributed by atoms with E-state index in [-0.39, 0.29) is 12.7 Å². The average molecular weight is 367 g/mol. The smallest absolute Gasteiger partial charge is 0.231 e. The third-order valence-electron chi connectivity index (χ3n) is 5.37. The zero-order valence-corrected chi connectivity index (χ0v) is 15.0. The lowest BCUT2D eigenvalue weighted by Gasteiger charge is -2.20. The third kappa shape index (κ3) is 3.16. The zero-order valence-electron chi connectivity index (χ0n) is 15.0. The van der Waals surface area contributed by atoms with Gasteiger partial charge < -0.3 is 23.8 Å². The largest absolute Gasteiger partial charge is 0.486 e. The van der Waals surface area contributed by atoms with Crippen LogP contribution in [0.5, 0.6) is 23.0 Å². The second-order valence-corrected chi connectivity index (χ2v) is 7.09. The highest BCUT2D eigenvalue weighted by molar-refractivity contribution is 5.79. The van der Waals surface area contributed by atoms with Crippen LogP contribution >= 0.6 is 0 Å². The first kappa shape index (κ1) is 16.3. The minimum absolute atomic E-state index is 0.148. The van der Waals surface area contributed by atoms with E-state index in [4.69, 9.17) is 18.9 Å². The van der Waals surface area contributed by atoms with E-state index >= 15 is 0 Å². The van der Waals surface area contributed by atoms with Gasteiger partial charge in [-0.15, -0.1) is 0 Å². The van der Waals surface area contributed by atoms with E-state index < -0.39 is 0 Å². The van der Waals surface area contributed by atoms with Gasteiger partial charge in [0, 0.05) is 19.0 Å². The van der Waals surface area contributed by atoms with Crippen LogP contribution in [0.1, 0.15) is 23.5 Å². The quantitative estimate of drug-likeness (QED) is 0.835. The van der Waals surface area contributed by atoms with Gasteiger partial charge >= 0.3 is 0 Å². The highest BCUT2D eigenvalue weighted by atomic mass is 16.7. The second kappa shape index (κ2) is 6.68. The van der Waals surface area contributed by atoms with E-state index in [0.29, 0.717) is 25.6 Å². The molecular weight excluding hydrogens is 346 g/mol. The average Bonchev–Trinajstić information content (AvgIpc) is 3.37. The van der Waals surface area contributed by atoms with Gasteiger partial charge in [0.2, 0.25) is 12.7 Å². The summed E-state index contributed by atoms with van der Waals surface area (Å²) in [5.41, 5.74) is 2.16. The van der Waals surface area contributed by atoms with Gasteiger partial charge in [0.15, 0.2) is 23.0 Å². The molecule has 0 saturated carbocycles. The molecule has 5 rings (SSSR count). The van der Waals surface area contributed by atoms with Crippen molar-refractivity contribution in [2.75, 3.05) is 33.1 Å². The van der Waals surface area contributed by atoms with Gasteiger partial charge in [0.05, 0.1) is 6.42 Å². The molecule has 2 aromatic rings. The molecule has 1 fully saturated rings. The zero-order chi connectivity index (χ0) is 18.2. The lowest BCUT2D eigenvalue weighted by Crippen LogP contribution is -2.30. The SMILES string of the molecule is O=C(Cc1ccc2c(c1)OCCO2)N1CCC(c2ccc3c(c2)OCO3)C1. The van der Waals surface area contributed by atoms with E-state index in [0.717, 1.165) is 48.1 Å². The maximum absolute atomic E-state index is 12.8. The van der Waals surface area contributed by atoms with Crippen molar-refractivity contribution in [2.24, 2.45) is 0 Å². The van der Waals surface area contributed by atoms with Crippen molar-refractivity contribution < 1.29 is 23.7 Å². The first-order chi connectivity index (χ1) is 13.3. The van der Waals surface area contributed by atoms with Crippen LogP contribution in [0, 0.1) is 0 Å². The number of benzene rings is 2. The molecular formula is C21H21NO5. The molecule has 0 aliphatic carbocycles. The van der Waals surface area contributed by atoms with E-state index in [1.54, 1.807) is 0 Å². The lowest BCUT2D eigenvalue weighted by atomic mass is 9.98. The molecule has 3 aliphatic heterocycles. The van der Waals surface area contributed by atoms with Crippen molar-refractivity contribution in [1.29, 1.82) is 0 Å². The summed E-state index contributed by atoms with van der Waals surface area (Å²) in [6.45, 7) is 2.92. The van der Waals surface area contributed by atoms with Crippen molar-refractivity contribution in [1.82, 2.24) is 4.90 Å². The fraction of sp³-hybridized carbons (Fsp3) is 0.381. The van der Waals surface area contributed by atoms with Crippen LogP contribution in [0.2, 0.25) is 0 Å². The molecule has 6 nitrogen and oxygen atoms in total. The molecule has 0 N–H and O–H groups in total. The minimum atomic E-state index is 0.148. The summed E-state index contributed by atoms with van der Waals surface area (Å²) in [7, 11) is 0. The molecule has 2 aromatic carbocycles. The number of rotatable bonds is 3. The van der Waals surface area contributed by atoms with Crippen molar-refractivity contribution in [3.63, 3.8) is 0 Å². The topological polar surface area (TPSA) is 57.2 Å². The summed E-state index contributed by atoms with van der Waals surface area (Å²) in [5, 5.41) is 0. The van der Waals surface area contributed by atoms with Crippen molar-refractivity contribution in [3.8, 4) is 23.0 Å². The number of fused-ring (bicyclic) bond motifs is 2. The molecule has 3 aliphatic rings. The Morgan fingerprint density at radius 3 is 2.59 bits per heavy atom. The molecule has 0 bridgehead atoms. The van der Waals surface area contributed by atoms with Crippen molar-refractivity contribution in [3.05, 3.63) is 47.5 Å². The van der Waals surface area contributed by atoms with Gasteiger partial charge in [-0.25, -0.2) is 0 Å². The van der Waals surface area contributed by atoms with Gasteiger partial charge in [-0.1, -0.05) is 12.1 Å². The monoisotopic (exact) mass is 367 g/mol. The maximum Gasteiger partial charge on any atom is 0.231 e. The number of carbonyl (C=O) groups is 1. The van der Waals surface area contributed by atoms with E-state index in [1.165, 1.54) is 5.56 Å². The summed E-state index contributed by atoms with van der Waals surface area (Å²) in [4.78, 5) is 14.7. The predicted molar refractivity (Wildman–Crippen MR) is 97.6 cm³/mol. The number of hydrogen-bond donors (Lipinski definition) is 0. The number of hydrogen-bond acceptors (Lipinski definition) is 5. The fourth-order valence-electron chi connectivity index (χ4n) is 3.91. The normalized spacial score (nSPS) is 20.0. The van der Waals surface area contributed by atoms with Crippen LogP contribution < -0.4 is 18.9 Å². The van der Waals surface area contributed by atoms with Gasteiger partial charge in [-0.2, -0.15) is 0 Å². The highest BCUT2D eigenvalue weighted by Gasteiger charge is 2.28. The van der Waals surface area contributed by atoms with Crippen molar-refractivity contribution in [2.45, 2.75) is 18.8 Å². The van der Waals surface area contributed by atoms with Gasteiger partial charge in [-0.3, -0.25) is 4.79 Å². The number of amides is 1. The fourth-order valence-corrected chi connectivity index (χ4v) is 3.91. The van der Waals surface area contributed by atoms with Gasteiger partial charge in [0.25, 0.3) is 0 Å². The molecule has 0 radical (unpaired) electrons. The Morgan fingerprint density at radius 2 is 1.67 bits per heavy atom. The second-order valence-electron chi connectivity index (χ2n) is 7.09. The summed E-state index contributed by atoms with van der Waals surface area (Å²) in [6.07, 6.45) is 1.34.